The van der Waals surface area contributed by atoms with Crippen molar-refractivity contribution in [1.29, 1.82) is 0 Å². The standard InChI is InChI=1S/C13H18N2O4/c1-19-9-13(16)8-14-5-4-10-2-3-12(15(17)18)6-11(10)7-14/h2-3,6,13,16H,4-5,7-9H2,1H3. The second-order valence-electron chi connectivity index (χ2n) is 4.80. The number of nitro groups is 1. The molecule has 6 nitrogen and oxygen atoms in total. The first kappa shape index (κ1) is 13.9. The van der Waals surface area contributed by atoms with Gasteiger partial charge in [0.25, 0.3) is 5.69 Å². The van der Waals surface area contributed by atoms with Crippen LogP contribution in [0.2, 0.25) is 0 Å². The van der Waals surface area contributed by atoms with Gasteiger partial charge in [0.2, 0.25) is 0 Å². The fraction of sp³-hybridized carbons (Fsp3) is 0.538. The summed E-state index contributed by atoms with van der Waals surface area (Å²) in [5.41, 5.74) is 2.26. The first-order chi connectivity index (χ1) is 9.10. The molecule has 0 fully saturated rings. The lowest BCUT2D eigenvalue weighted by molar-refractivity contribution is -0.385. The van der Waals surface area contributed by atoms with E-state index in [2.05, 4.69) is 4.90 Å². The van der Waals surface area contributed by atoms with Gasteiger partial charge in [-0.25, -0.2) is 0 Å². The second-order valence-corrected chi connectivity index (χ2v) is 4.80. The summed E-state index contributed by atoms with van der Waals surface area (Å²) >= 11 is 0. The van der Waals surface area contributed by atoms with E-state index in [-0.39, 0.29) is 10.6 Å². The topological polar surface area (TPSA) is 75.8 Å². The number of rotatable bonds is 5. The maximum absolute atomic E-state index is 10.8. The summed E-state index contributed by atoms with van der Waals surface area (Å²) in [7, 11) is 1.55. The Hall–Kier alpha value is -1.50. The van der Waals surface area contributed by atoms with Crippen molar-refractivity contribution in [1.82, 2.24) is 4.90 Å². The van der Waals surface area contributed by atoms with E-state index in [1.807, 2.05) is 6.07 Å². The predicted octanol–water partition coefficient (Wildman–Crippen LogP) is 0.960. The van der Waals surface area contributed by atoms with Crippen LogP contribution in [0.25, 0.3) is 0 Å². The quantitative estimate of drug-likeness (QED) is 0.634. The van der Waals surface area contributed by atoms with Crippen molar-refractivity contribution in [2.45, 2.75) is 19.1 Å². The number of β-amino-alcohol motifs (C(OH)–C–C–N with tert-alkyl or cyclic N) is 1. The molecule has 2 rings (SSSR count). The van der Waals surface area contributed by atoms with Gasteiger partial charge in [-0.1, -0.05) is 6.07 Å². The fourth-order valence-corrected chi connectivity index (χ4v) is 2.41. The molecule has 0 radical (unpaired) electrons. The van der Waals surface area contributed by atoms with Crippen molar-refractivity contribution in [3.8, 4) is 0 Å². The van der Waals surface area contributed by atoms with Crippen LogP contribution in [-0.4, -0.2) is 47.8 Å². The molecule has 0 saturated carbocycles. The van der Waals surface area contributed by atoms with Crippen LogP contribution in [0, 0.1) is 10.1 Å². The summed E-state index contributed by atoms with van der Waals surface area (Å²) in [6, 6.07) is 5.01. The third kappa shape index (κ3) is 3.50. The molecule has 1 aromatic rings. The zero-order valence-corrected chi connectivity index (χ0v) is 10.9. The highest BCUT2D eigenvalue weighted by atomic mass is 16.6. The lowest BCUT2D eigenvalue weighted by Gasteiger charge is -2.30. The molecule has 6 heteroatoms. The molecule has 0 aliphatic carbocycles. The van der Waals surface area contributed by atoms with Crippen LogP contribution in [0.3, 0.4) is 0 Å². The van der Waals surface area contributed by atoms with Crippen molar-refractivity contribution in [2.24, 2.45) is 0 Å². The first-order valence-corrected chi connectivity index (χ1v) is 6.25. The number of aliphatic hydroxyl groups excluding tert-OH is 1. The summed E-state index contributed by atoms with van der Waals surface area (Å²) in [5, 5.41) is 20.5. The van der Waals surface area contributed by atoms with Gasteiger partial charge in [0.05, 0.1) is 17.6 Å². The van der Waals surface area contributed by atoms with Crippen molar-refractivity contribution < 1.29 is 14.8 Å². The molecule has 1 aliphatic heterocycles. The molecular formula is C13H18N2O4. The van der Waals surface area contributed by atoms with E-state index in [1.54, 1.807) is 19.2 Å². The van der Waals surface area contributed by atoms with Crippen LogP contribution >= 0.6 is 0 Å². The zero-order valence-electron chi connectivity index (χ0n) is 10.9. The minimum absolute atomic E-state index is 0.123. The average Bonchev–Trinajstić information content (AvgIpc) is 2.38. The molecule has 0 saturated heterocycles. The number of nitro benzene ring substituents is 1. The van der Waals surface area contributed by atoms with Crippen LogP contribution in [0.5, 0.6) is 0 Å². The van der Waals surface area contributed by atoms with E-state index < -0.39 is 6.10 Å². The maximum atomic E-state index is 10.8. The van der Waals surface area contributed by atoms with Gasteiger partial charge in [-0.2, -0.15) is 0 Å². The van der Waals surface area contributed by atoms with Crippen LogP contribution < -0.4 is 0 Å². The fourth-order valence-electron chi connectivity index (χ4n) is 2.41. The van der Waals surface area contributed by atoms with E-state index in [0.717, 1.165) is 24.1 Å². The number of nitrogens with zero attached hydrogens (tertiary/aromatic N) is 2. The Morgan fingerprint density at radius 1 is 1.53 bits per heavy atom. The van der Waals surface area contributed by atoms with Gasteiger partial charge in [0.1, 0.15) is 0 Å². The molecule has 104 valence electrons. The number of hydrogen-bond acceptors (Lipinski definition) is 5. The normalized spacial score (nSPS) is 16.9. The molecule has 1 N–H and O–H groups in total. The second kappa shape index (κ2) is 6.10. The van der Waals surface area contributed by atoms with E-state index in [4.69, 9.17) is 4.74 Å². The highest BCUT2D eigenvalue weighted by molar-refractivity contribution is 5.41. The van der Waals surface area contributed by atoms with E-state index in [9.17, 15) is 15.2 Å². The number of ether oxygens (including phenoxy) is 1. The monoisotopic (exact) mass is 266 g/mol. The van der Waals surface area contributed by atoms with Crippen molar-refractivity contribution in [3.63, 3.8) is 0 Å². The molecule has 0 spiro atoms. The third-order valence-corrected chi connectivity index (χ3v) is 3.32. The number of fused-ring (bicyclic) bond motifs is 1. The van der Waals surface area contributed by atoms with E-state index >= 15 is 0 Å². The number of non-ortho nitro benzene ring substituents is 1. The summed E-state index contributed by atoms with van der Waals surface area (Å²) < 4.78 is 4.90. The van der Waals surface area contributed by atoms with Crippen LogP contribution in [0.1, 0.15) is 11.1 Å². The lowest BCUT2D eigenvalue weighted by Crippen LogP contribution is -2.38. The van der Waals surface area contributed by atoms with Gasteiger partial charge in [0, 0.05) is 38.9 Å². The van der Waals surface area contributed by atoms with Gasteiger partial charge in [-0.15, -0.1) is 0 Å². The number of benzene rings is 1. The molecule has 1 unspecified atom stereocenters. The van der Waals surface area contributed by atoms with E-state index in [0.29, 0.717) is 19.7 Å². The smallest absolute Gasteiger partial charge is 0.269 e. The van der Waals surface area contributed by atoms with Crippen LogP contribution in [0.15, 0.2) is 18.2 Å². The van der Waals surface area contributed by atoms with Gasteiger partial charge < -0.3 is 9.84 Å². The van der Waals surface area contributed by atoms with Gasteiger partial charge in [0.15, 0.2) is 0 Å². The Morgan fingerprint density at radius 2 is 2.32 bits per heavy atom. The van der Waals surface area contributed by atoms with Gasteiger partial charge in [-0.3, -0.25) is 15.0 Å². The molecule has 0 amide bonds. The predicted molar refractivity (Wildman–Crippen MR) is 70.0 cm³/mol. The van der Waals surface area contributed by atoms with Gasteiger partial charge in [-0.05, 0) is 17.5 Å². The highest BCUT2D eigenvalue weighted by Crippen LogP contribution is 2.23. The Bertz CT molecular complexity index is 464. The largest absolute Gasteiger partial charge is 0.389 e. The molecule has 19 heavy (non-hydrogen) atoms. The van der Waals surface area contributed by atoms with Crippen molar-refractivity contribution >= 4 is 5.69 Å². The Kier molecular flexibility index (Phi) is 4.47. The summed E-state index contributed by atoms with van der Waals surface area (Å²) in [4.78, 5) is 12.5. The highest BCUT2D eigenvalue weighted by Gasteiger charge is 2.20. The molecule has 1 heterocycles. The van der Waals surface area contributed by atoms with Crippen molar-refractivity contribution in [2.75, 3.05) is 26.8 Å². The zero-order chi connectivity index (χ0) is 13.8. The Morgan fingerprint density at radius 3 is 3.00 bits per heavy atom. The van der Waals surface area contributed by atoms with Gasteiger partial charge >= 0.3 is 0 Å². The minimum Gasteiger partial charge on any atom is -0.389 e. The molecule has 1 aromatic carbocycles. The Labute approximate surface area is 111 Å². The molecule has 0 aromatic heterocycles. The summed E-state index contributed by atoms with van der Waals surface area (Å²) in [6.07, 6.45) is 0.331. The molecule has 1 aliphatic rings. The third-order valence-electron chi connectivity index (χ3n) is 3.32. The number of aliphatic hydroxyl groups is 1. The van der Waals surface area contributed by atoms with Crippen LogP contribution in [0.4, 0.5) is 5.69 Å². The van der Waals surface area contributed by atoms with Crippen molar-refractivity contribution in [3.05, 3.63) is 39.4 Å². The number of methoxy groups -OCH3 is 1. The Balaban J connectivity index is 2.05. The first-order valence-electron chi connectivity index (χ1n) is 6.25. The minimum atomic E-state index is -0.523. The molecule has 0 bridgehead atoms. The molecular weight excluding hydrogens is 248 g/mol. The number of hydrogen-bond donors (Lipinski definition) is 1. The maximum Gasteiger partial charge on any atom is 0.269 e. The summed E-state index contributed by atoms with van der Waals surface area (Å²) in [5.74, 6) is 0. The lowest BCUT2D eigenvalue weighted by atomic mass is 9.99. The SMILES string of the molecule is COCC(O)CN1CCc2ccc([N+](=O)[O-])cc2C1. The van der Waals surface area contributed by atoms with Crippen LogP contribution in [-0.2, 0) is 17.7 Å². The van der Waals surface area contributed by atoms with E-state index in [1.165, 1.54) is 0 Å². The molecule has 1 atom stereocenters. The average molecular weight is 266 g/mol. The summed E-state index contributed by atoms with van der Waals surface area (Å²) in [6.45, 7) is 2.32.